The molecule has 4 N–H and O–H groups in total. The van der Waals surface area contributed by atoms with Crippen molar-refractivity contribution in [1.29, 1.82) is 0 Å². The van der Waals surface area contributed by atoms with E-state index >= 15 is 0 Å². The first-order chi connectivity index (χ1) is 23.2. The van der Waals surface area contributed by atoms with Crippen molar-refractivity contribution in [3.63, 3.8) is 0 Å². The summed E-state index contributed by atoms with van der Waals surface area (Å²) in [6.45, 7) is 9.63. The number of anilines is 1. The number of piperazine rings is 1. The summed E-state index contributed by atoms with van der Waals surface area (Å²) in [6.07, 6.45) is 8.44. The van der Waals surface area contributed by atoms with Crippen LogP contribution in [0.5, 0.6) is 11.5 Å². The lowest BCUT2D eigenvalue weighted by atomic mass is 9.89. The summed E-state index contributed by atoms with van der Waals surface area (Å²) in [5, 5.41) is 0.923. The zero-order valence-electron chi connectivity index (χ0n) is 27.3. The van der Waals surface area contributed by atoms with Crippen molar-refractivity contribution in [2.75, 3.05) is 84.6 Å². The molecule has 2 aliphatic rings. The molecule has 2 fully saturated rings. The first-order valence-corrected chi connectivity index (χ1v) is 17.0. The van der Waals surface area contributed by atoms with Gasteiger partial charge in [0, 0.05) is 63.1 Å². The maximum Gasteiger partial charge on any atom is 0.146 e. The zero-order chi connectivity index (χ0) is 32.3. The molecule has 2 aromatic carbocycles. The van der Waals surface area contributed by atoms with Crippen LogP contribution in [0.25, 0.3) is 22.2 Å². The van der Waals surface area contributed by atoms with Gasteiger partial charge < -0.3 is 35.0 Å². The van der Waals surface area contributed by atoms with E-state index in [1.54, 1.807) is 6.33 Å². The lowest BCUT2D eigenvalue weighted by Crippen LogP contribution is -2.51. The Morgan fingerprint density at radius 2 is 1.34 bits per heavy atom. The van der Waals surface area contributed by atoms with E-state index in [4.69, 9.17) is 35.4 Å². The Morgan fingerprint density at radius 1 is 0.702 bits per heavy atom. The molecule has 0 spiro atoms. The fraction of sp³-hybridized carbons (Fsp3) is 0.500. The maximum atomic E-state index is 6.46. The van der Waals surface area contributed by atoms with E-state index in [1.807, 2.05) is 42.5 Å². The molecule has 1 aliphatic heterocycles. The van der Waals surface area contributed by atoms with Crippen LogP contribution in [0.15, 0.2) is 67.1 Å². The highest BCUT2D eigenvalue weighted by atomic mass is 16.5. The molecular weight excluding hydrogens is 594 g/mol. The molecule has 0 atom stereocenters. The zero-order valence-corrected chi connectivity index (χ0v) is 27.3. The molecule has 6 rings (SSSR count). The van der Waals surface area contributed by atoms with Crippen molar-refractivity contribution in [1.82, 2.24) is 24.3 Å². The van der Waals surface area contributed by atoms with Gasteiger partial charge in [-0.3, -0.25) is 9.80 Å². The fourth-order valence-electron chi connectivity index (χ4n) is 6.81. The molecule has 2 aromatic heterocycles. The minimum atomic E-state index is 0.387. The molecule has 3 heterocycles. The third kappa shape index (κ3) is 8.86. The number of ether oxygens (including phenoxy) is 4. The van der Waals surface area contributed by atoms with Crippen LogP contribution in [-0.2, 0) is 14.2 Å². The highest BCUT2D eigenvalue weighted by Gasteiger charge is 2.30. The maximum absolute atomic E-state index is 6.46. The van der Waals surface area contributed by atoms with Gasteiger partial charge in [-0.05, 0) is 55.5 Å². The van der Waals surface area contributed by atoms with Gasteiger partial charge in [-0.25, -0.2) is 9.97 Å². The van der Waals surface area contributed by atoms with Crippen molar-refractivity contribution in [2.24, 2.45) is 5.73 Å². The van der Waals surface area contributed by atoms with E-state index in [-0.39, 0.29) is 0 Å². The van der Waals surface area contributed by atoms with E-state index < -0.39 is 0 Å². The second-order valence-electron chi connectivity index (χ2n) is 12.3. The van der Waals surface area contributed by atoms with Crippen molar-refractivity contribution in [2.45, 2.75) is 37.8 Å². The van der Waals surface area contributed by atoms with Gasteiger partial charge in [0.2, 0.25) is 0 Å². The third-order valence-corrected chi connectivity index (χ3v) is 9.32. The molecule has 1 aliphatic carbocycles. The smallest absolute Gasteiger partial charge is 0.146 e. The van der Waals surface area contributed by atoms with Crippen LogP contribution in [0, 0.1) is 0 Å². The topological polar surface area (TPSA) is 126 Å². The van der Waals surface area contributed by atoms with E-state index in [2.05, 4.69) is 37.7 Å². The van der Waals surface area contributed by atoms with Crippen LogP contribution in [0.4, 0.5) is 5.82 Å². The lowest BCUT2D eigenvalue weighted by Gasteiger charge is -2.42. The van der Waals surface area contributed by atoms with Gasteiger partial charge in [-0.2, -0.15) is 0 Å². The van der Waals surface area contributed by atoms with Crippen LogP contribution in [0.3, 0.4) is 0 Å². The van der Waals surface area contributed by atoms with E-state index in [9.17, 15) is 0 Å². The summed E-state index contributed by atoms with van der Waals surface area (Å²) in [7, 11) is 0. The molecule has 1 saturated carbocycles. The number of hydrogen-bond donors (Lipinski definition) is 2. The number of fused-ring (bicyclic) bond motifs is 1. The van der Waals surface area contributed by atoms with Gasteiger partial charge in [-0.1, -0.05) is 30.3 Å². The average molecular weight is 644 g/mol. The number of rotatable bonds is 16. The molecule has 0 amide bonds. The minimum absolute atomic E-state index is 0.387. The fourth-order valence-corrected chi connectivity index (χ4v) is 6.81. The van der Waals surface area contributed by atoms with Gasteiger partial charge in [-0.15, -0.1) is 0 Å². The van der Waals surface area contributed by atoms with Crippen LogP contribution < -0.4 is 16.2 Å². The van der Waals surface area contributed by atoms with Crippen LogP contribution in [0.2, 0.25) is 0 Å². The monoisotopic (exact) mass is 643 g/mol. The summed E-state index contributed by atoms with van der Waals surface area (Å²) in [6, 6.07) is 19.0. The summed E-state index contributed by atoms with van der Waals surface area (Å²) in [5.74, 6) is 2.13. The number of nitrogens with two attached hydrogens (primary N) is 2. The second-order valence-corrected chi connectivity index (χ2v) is 12.3. The number of benzene rings is 2. The number of hydrogen-bond acceptors (Lipinski definition) is 10. The molecule has 0 bridgehead atoms. The molecule has 11 heteroatoms. The van der Waals surface area contributed by atoms with Gasteiger partial charge >= 0.3 is 0 Å². The van der Waals surface area contributed by atoms with E-state index in [1.165, 1.54) is 12.8 Å². The number of aromatic nitrogens is 3. The largest absolute Gasteiger partial charge is 0.457 e. The Hall–Kier alpha value is -3.58. The molecule has 11 nitrogen and oxygen atoms in total. The van der Waals surface area contributed by atoms with Crippen molar-refractivity contribution < 1.29 is 18.9 Å². The van der Waals surface area contributed by atoms with E-state index in [0.717, 1.165) is 85.8 Å². The van der Waals surface area contributed by atoms with Crippen molar-refractivity contribution >= 4 is 16.9 Å². The Labute approximate surface area is 277 Å². The lowest BCUT2D eigenvalue weighted by molar-refractivity contribution is 0.00652. The highest BCUT2D eigenvalue weighted by Crippen LogP contribution is 2.39. The molecule has 252 valence electrons. The van der Waals surface area contributed by atoms with E-state index in [0.29, 0.717) is 57.5 Å². The van der Waals surface area contributed by atoms with Crippen LogP contribution in [-0.4, -0.2) is 109 Å². The normalized spacial score (nSPS) is 19.3. The molecule has 47 heavy (non-hydrogen) atoms. The Bertz CT molecular complexity index is 1500. The summed E-state index contributed by atoms with van der Waals surface area (Å²) < 4.78 is 25.0. The van der Waals surface area contributed by atoms with Gasteiger partial charge in [0.25, 0.3) is 0 Å². The van der Waals surface area contributed by atoms with Gasteiger partial charge in [0.1, 0.15) is 29.3 Å². The minimum Gasteiger partial charge on any atom is -0.457 e. The first kappa shape index (κ1) is 33.3. The molecule has 0 radical (unpaired) electrons. The van der Waals surface area contributed by atoms with Gasteiger partial charge in [0.15, 0.2) is 0 Å². The molecular formula is C36H49N7O4. The highest BCUT2D eigenvalue weighted by molar-refractivity contribution is 6.00. The molecule has 4 aromatic rings. The van der Waals surface area contributed by atoms with Gasteiger partial charge in [0.05, 0.1) is 45.0 Å². The number of nitrogens with zero attached hydrogens (tertiary/aromatic N) is 5. The van der Waals surface area contributed by atoms with Crippen molar-refractivity contribution in [3.05, 3.63) is 67.1 Å². The molecule has 1 saturated heterocycles. The third-order valence-electron chi connectivity index (χ3n) is 9.32. The quantitative estimate of drug-likeness (QED) is 0.168. The Morgan fingerprint density at radius 3 is 2.04 bits per heavy atom. The van der Waals surface area contributed by atoms with Crippen LogP contribution in [0.1, 0.15) is 31.7 Å². The standard InChI is InChI=1S/C36H49N7O4/c37-14-20-44-22-24-46-25-23-45-21-19-41-15-17-42(18-16-41)29-8-10-30(11-9-29)43-26-33(34-35(38)39-27-40-36(34)43)28-6-12-32(13-7-28)47-31-4-2-1-3-5-31/h1-7,12-13,26-27,29-30H,8-11,14-25,37H2,(H2,38,39,40). The summed E-state index contributed by atoms with van der Waals surface area (Å²) in [4.78, 5) is 14.3. The predicted octanol–water partition coefficient (Wildman–Crippen LogP) is 4.58. The average Bonchev–Trinajstić information content (AvgIpc) is 3.51. The second kappa shape index (κ2) is 17.0. The predicted molar refractivity (Wildman–Crippen MR) is 185 cm³/mol. The number of nitrogen functional groups attached to an aromatic ring is 1. The SMILES string of the molecule is NCCOCCOCCOCCN1CCN(C2CCC(n3cc(-c4ccc(Oc5ccccc5)cc4)c4c(N)ncnc43)CC2)CC1. The number of para-hydroxylation sites is 1. The Kier molecular flexibility index (Phi) is 12.1. The first-order valence-electron chi connectivity index (χ1n) is 17.0. The Balaban J connectivity index is 0.974. The summed E-state index contributed by atoms with van der Waals surface area (Å²) in [5.41, 5.74) is 14.9. The van der Waals surface area contributed by atoms with Crippen molar-refractivity contribution in [3.8, 4) is 22.6 Å². The molecule has 0 unspecified atom stereocenters. The summed E-state index contributed by atoms with van der Waals surface area (Å²) >= 11 is 0. The van der Waals surface area contributed by atoms with Crippen LogP contribution >= 0.6 is 0 Å².